The smallest absolute Gasteiger partial charge is 0.410 e. The van der Waals surface area contributed by atoms with Gasteiger partial charge < -0.3 is 14.5 Å². The average Bonchev–Trinajstić information content (AvgIpc) is 3.93. The van der Waals surface area contributed by atoms with Crippen molar-refractivity contribution in [1.82, 2.24) is 24.5 Å². The van der Waals surface area contributed by atoms with Gasteiger partial charge in [0.1, 0.15) is 18.5 Å². The summed E-state index contributed by atoms with van der Waals surface area (Å²) in [5.74, 6) is 2.75. The highest BCUT2D eigenvalue weighted by atomic mass is 32.2. The standard InChI is InChI=1S/C37H40N6O3S/c1-26-21-35(43(38-26)27-9-3-2-4-10-27)40-17-15-39(16-18-40)28-22-34(36(44)41-19-20-47-25-41)42(23-28)37(45)46-24-33-31-13-7-5-11-29(31)30-12-6-8-14-32(30)33/h2-14,21,28,33-34H,15-20,22-25H2,1H3. The molecule has 0 bridgehead atoms. The van der Waals surface area contributed by atoms with Crippen molar-refractivity contribution in [2.75, 3.05) is 62.4 Å². The highest BCUT2D eigenvalue weighted by Crippen LogP contribution is 2.44. The van der Waals surface area contributed by atoms with Crippen molar-refractivity contribution in [3.8, 4) is 16.8 Å². The lowest BCUT2D eigenvalue weighted by molar-refractivity contribution is -0.134. The van der Waals surface area contributed by atoms with E-state index in [0.717, 1.165) is 55.7 Å². The predicted molar refractivity (Wildman–Crippen MR) is 185 cm³/mol. The van der Waals surface area contributed by atoms with Crippen LogP contribution in [0.1, 0.15) is 29.2 Å². The van der Waals surface area contributed by atoms with Crippen LogP contribution in [0, 0.1) is 6.92 Å². The van der Waals surface area contributed by atoms with Gasteiger partial charge in [0.05, 0.1) is 17.3 Å². The molecule has 4 heterocycles. The first-order valence-electron chi connectivity index (χ1n) is 16.6. The second kappa shape index (κ2) is 12.7. The third kappa shape index (κ3) is 5.67. The van der Waals surface area contributed by atoms with Gasteiger partial charge in [-0.25, -0.2) is 9.48 Å². The Bertz CT molecular complexity index is 1720. The molecule has 3 aromatic carbocycles. The number of benzene rings is 3. The number of aryl methyl sites for hydroxylation is 1. The van der Waals surface area contributed by atoms with Crippen LogP contribution in [0.4, 0.5) is 10.6 Å². The van der Waals surface area contributed by atoms with E-state index in [0.29, 0.717) is 18.8 Å². The minimum atomic E-state index is -0.505. The van der Waals surface area contributed by atoms with Crippen LogP contribution in [-0.4, -0.2) is 106 Å². The summed E-state index contributed by atoms with van der Waals surface area (Å²) in [5.41, 5.74) is 6.81. The molecule has 2 amide bonds. The Labute approximate surface area is 280 Å². The highest BCUT2D eigenvalue weighted by molar-refractivity contribution is 7.99. The van der Waals surface area contributed by atoms with Crippen LogP contribution in [0.2, 0.25) is 0 Å². The Morgan fingerprint density at radius 2 is 1.55 bits per heavy atom. The van der Waals surface area contributed by atoms with Crippen LogP contribution in [0.25, 0.3) is 16.8 Å². The first-order chi connectivity index (χ1) is 23.0. The molecule has 9 nitrogen and oxygen atoms in total. The van der Waals surface area contributed by atoms with E-state index in [1.165, 1.54) is 22.3 Å². The molecule has 2 unspecified atom stereocenters. The molecule has 0 N–H and O–H groups in total. The van der Waals surface area contributed by atoms with Crippen molar-refractivity contribution < 1.29 is 14.3 Å². The summed E-state index contributed by atoms with van der Waals surface area (Å²) in [4.78, 5) is 36.2. The molecule has 3 saturated heterocycles. The van der Waals surface area contributed by atoms with Crippen molar-refractivity contribution in [3.63, 3.8) is 0 Å². The second-order valence-corrected chi connectivity index (χ2v) is 14.0. The highest BCUT2D eigenvalue weighted by Gasteiger charge is 2.45. The number of ether oxygens (including phenoxy) is 1. The molecule has 4 aliphatic rings. The number of thioether (sulfide) groups is 1. The minimum Gasteiger partial charge on any atom is -0.448 e. The number of carbonyl (C=O) groups is 2. The zero-order valence-corrected chi connectivity index (χ0v) is 27.5. The van der Waals surface area contributed by atoms with E-state index in [9.17, 15) is 9.59 Å². The molecule has 1 aromatic heterocycles. The van der Waals surface area contributed by atoms with Gasteiger partial charge in [0.2, 0.25) is 5.91 Å². The van der Waals surface area contributed by atoms with E-state index in [1.807, 2.05) is 46.8 Å². The normalized spacial score (nSPS) is 21.3. The van der Waals surface area contributed by atoms with E-state index < -0.39 is 6.04 Å². The number of nitrogens with zero attached hydrogens (tertiary/aromatic N) is 6. The largest absolute Gasteiger partial charge is 0.448 e. The molecule has 4 aromatic rings. The first kappa shape index (κ1) is 30.1. The zero-order valence-electron chi connectivity index (χ0n) is 26.7. The fraction of sp³-hybridized carbons (Fsp3) is 0.378. The topological polar surface area (TPSA) is 74.2 Å². The number of carbonyl (C=O) groups excluding carboxylic acids is 2. The van der Waals surface area contributed by atoms with Gasteiger partial charge in [-0.15, -0.1) is 11.8 Å². The quantitative estimate of drug-likeness (QED) is 0.284. The number of para-hydroxylation sites is 1. The fourth-order valence-corrected chi connectivity index (χ4v) is 8.73. The molecule has 1 aliphatic carbocycles. The lowest BCUT2D eigenvalue weighted by Gasteiger charge is -2.38. The summed E-state index contributed by atoms with van der Waals surface area (Å²) in [7, 11) is 0. The van der Waals surface area contributed by atoms with E-state index in [1.54, 1.807) is 16.7 Å². The molecule has 2 atom stereocenters. The molecule has 10 heteroatoms. The predicted octanol–water partition coefficient (Wildman–Crippen LogP) is 5.23. The van der Waals surface area contributed by atoms with Crippen molar-refractivity contribution >= 4 is 29.6 Å². The summed E-state index contributed by atoms with van der Waals surface area (Å²) >= 11 is 1.77. The second-order valence-electron chi connectivity index (χ2n) is 12.9. The maximum absolute atomic E-state index is 13.9. The van der Waals surface area contributed by atoms with Gasteiger partial charge in [-0.2, -0.15) is 5.10 Å². The molecule has 242 valence electrons. The zero-order chi connectivity index (χ0) is 31.9. The van der Waals surface area contributed by atoms with Crippen LogP contribution in [0.3, 0.4) is 0 Å². The fourth-order valence-electron chi connectivity index (χ4n) is 7.78. The maximum Gasteiger partial charge on any atom is 0.410 e. The molecule has 3 aliphatic heterocycles. The third-order valence-corrected chi connectivity index (χ3v) is 11.1. The van der Waals surface area contributed by atoms with Gasteiger partial charge in [-0.05, 0) is 47.7 Å². The van der Waals surface area contributed by atoms with Gasteiger partial charge in [0.25, 0.3) is 0 Å². The molecule has 0 radical (unpaired) electrons. The molecular formula is C37H40N6O3S. The SMILES string of the molecule is Cc1cc(N2CCN(C3CC(C(=O)N4CCSC4)N(C(=O)OCC4c5ccccc5-c5ccccc54)C3)CC2)n(-c2ccccc2)n1. The van der Waals surface area contributed by atoms with Crippen LogP contribution in [0.15, 0.2) is 84.9 Å². The van der Waals surface area contributed by atoms with Crippen LogP contribution >= 0.6 is 11.8 Å². The molecular weight excluding hydrogens is 609 g/mol. The number of piperazine rings is 1. The number of hydrogen-bond acceptors (Lipinski definition) is 7. The average molecular weight is 649 g/mol. The number of likely N-dealkylation sites (tertiary alicyclic amines) is 1. The Hall–Kier alpha value is -4.28. The molecule has 3 fully saturated rings. The number of hydrogen-bond donors (Lipinski definition) is 0. The van der Waals surface area contributed by atoms with Crippen molar-refractivity contribution in [2.24, 2.45) is 0 Å². The summed E-state index contributed by atoms with van der Waals surface area (Å²) < 4.78 is 8.14. The van der Waals surface area contributed by atoms with E-state index in [-0.39, 0.29) is 30.6 Å². The number of rotatable bonds is 6. The van der Waals surface area contributed by atoms with Gasteiger partial charge in [-0.3, -0.25) is 14.6 Å². The van der Waals surface area contributed by atoms with E-state index >= 15 is 0 Å². The molecule has 0 spiro atoms. The lowest BCUT2D eigenvalue weighted by atomic mass is 9.98. The van der Waals surface area contributed by atoms with Crippen molar-refractivity contribution in [1.29, 1.82) is 0 Å². The summed E-state index contributed by atoms with van der Waals surface area (Å²) in [5, 5.41) is 4.78. The van der Waals surface area contributed by atoms with Crippen LogP contribution in [-0.2, 0) is 9.53 Å². The Morgan fingerprint density at radius 3 is 2.23 bits per heavy atom. The third-order valence-electron chi connectivity index (χ3n) is 10.2. The Kier molecular flexibility index (Phi) is 8.15. The first-order valence-corrected chi connectivity index (χ1v) is 17.8. The number of aromatic nitrogens is 2. The summed E-state index contributed by atoms with van der Waals surface area (Å²) in [6.07, 6.45) is 0.242. The van der Waals surface area contributed by atoms with Crippen molar-refractivity contribution in [3.05, 3.63) is 102 Å². The van der Waals surface area contributed by atoms with Gasteiger partial charge in [0.15, 0.2) is 0 Å². The van der Waals surface area contributed by atoms with Crippen LogP contribution in [0.5, 0.6) is 0 Å². The number of anilines is 1. The molecule has 0 saturated carbocycles. The summed E-state index contributed by atoms with van der Waals surface area (Å²) in [6, 6.07) is 28.7. The number of amides is 2. The Morgan fingerprint density at radius 1 is 0.872 bits per heavy atom. The van der Waals surface area contributed by atoms with Gasteiger partial charge >= 0.3 is 6.09 Å². The molecule has 8 rings (SSSR count). The van der Waals surface area contributed by atoms with Gasteiger partial charge in [-0.1, -0.05) is 66.7 Å². The van der Waals surface area contributed by atoms with E-state index in [4.69, 9.17) is 9.84 Å². The van der Waals surface area contributed by atoms with Gasteiger partial charge in [0, 0.05) is 63.0 Å². The van der Waals surface area contributed by atoms with E-state index in [2.05, 4.69) is 64.4 Å². The summed E-state index contributed by atoms with van der Waals surface area (Å²) in [6.45, 7) is 6.91. The lowest BCUT2D eigenvalue weighted by Crippen LogP contribution is -2.51. The van der Waals surface area contributed by atoms with Crippen molar-refractivity contribution in [2.45, 2.75) is 31.3 Å². The van der Waals surface area contributed by atoms with Crippen LogP contribution < -0.4 is 4.90 Å². The maximum atomic E-state index is 13.9. The number of fused-ring (bicyclic) bond motifs is 3. The minimum absolute atomic E-state index is 0.0186. The molecule has 47 heavy (non-hydrogen) atoms. The monoisotopic (exact) mass is 648 g/mol. The Balaban J connectivity index is 0.967.